The van der Waals surface area contributed by atoms with E-state index in [1.54, 1.807) is 31.3 Å². The van der Waals surface area contributed by atoms with E-state index in [0.717, 1.165) is 0 Å². The predicted octanol–water partition coefficient (Wildman–Crippen LogP) is 0.293. The Hall–Kier alpha value is -1.76. The quantitative estimate of drug-likeness (QED) is 0.807. The molecule has 1 saturated heterocycles. The minimum absolute atomic E-state index is 0.0305. The minimum Gasteiger partial charge on any atom is -0.482 e. The first-order valence-corrected chi connectivity index (χ1v) is 8.14. The second-order valence-electron chi connectivity index (χ2n) is 4.89. The number of amides is 1. The largest absolute Gasteiger partial charge is 0.482 e. The van der Waals surface area contributed by atoms with Gasteiger partial charge in [-0.1, -0.05) is 12.1 Å². The van der Waals surface area contributed by atoms with Gasteiger partial charge >= 0.3 is 0 Å². The van der Waals surface area contributed by atoms with E-state index in [9.17, 15) is 13.2 Å². The number of anilines is 1. The van der Waals surface area contributed by atoms with Crippen LogP contribution in [0, 0.1) is 0 Å². The van der Waals surface area contributed by atoms with Crippen LogP contribution in [0.1, 0.15) is 6.42 Å². The Labute approximate surface area is 118 Å². The van der Waals surface area contributed by atoms with Gasteiger partial charge in [0, 0.05) is 13.1 Å². The Kier molecular flexibility index (Phi) is 4.17. The molecule has 0 spiro atoms. The summed E-state index contributed by atoms with van der Waals surface area (Å²) in [7, 11) is -1.40. The zero-order valence-electron chi connectivity index (χ0n) is 11.3. The Morgan fingerprint density at radius 3 is 2.75 bits per heavy atom. The highest BCUT2D eigenvalue weighted by Crippen LogP contribution is 2.20. The molecule has 2 N–H and O–H groups in total. The first-order chi connectivity index (χ1) is 9.39. The van der Waals surface area contributed by atoms with E-state index >= 15 is 0 Å². The second-order valence-corrected chi connectivity index (χ2v) is 7.12. The van der Waals surface area contributed by atoms with Gasteiger partial charge in [-0.05, 0) is 18.6 Å². The van der Waals surface area contributed by atoms with Gasteiger partial charge in [0.2, 0.25) is 0 Å². The van der Waals surface area contributed by atoms with Crippen molar-refractivity contribution in [2.24, 2.45) is 0 Å². The average Bonchev–Trinajstić information content (AvgIpc) is 2.77. The molecule has 20 heavy (non-hydrogen) atoms. The molecular weight excluding hydrogens is 280 g/mol. The van der Waals surface area contributed by atoms with Crippen LogP contribution in [0.3, 0.4) is 0 Å². The SMILES string of the molecule is CN(C(=O)COc1ccccc1N)C1CCS(=O)(=O)C1. The van der Waals surface area contributed by atoms with Gasteiger partial charge in [0.15, 0.2) is 16.4 Å². The number of ether oxygens (including phenoxy) is 1. The second kappa shape index (κ2) is 5.70. The highest BCUT2D eigenvalue weighted by Gasteiger charge is 2.32. The molecule has 0 bridgehead atoms. The zero-order valence-corrected chi connectivity index (χ0v) is 12.1. The monoisotopic (exact) mass is 298 g/mol. The van der Waals surface area contributed by atoms with Crippen molar-refractivity contribution in [3.63, 3.8) is 0 Å². The third kappa shape index (κ3) is 3.41. The van der Waals surface area contributed by atoms with Crippen molar-refractivity contribution in [1.82, 2.24) is 4.90 Å². The fraction of sp³-hybridized carbons (Fsp3) is 0.462. The van der Waals surface area contributed by atoms with Crippen molar-refractivity contribution in [3.8, 4) is 5.75 Å². The molecule has 0 radical (unpaired) electrons. The molecule has 1 fully saturated rings. The summed E-state index contributed by atoms with van der Waals surface area (Å²) in [5.74, 6) is 0.369. The van der Waals surface area contributed by atoms with Crippen molar-refractivity contribution in [2.75, 3.05) is 30.9 Å². The molecule has 1 aromatic carbocycles. The van der Waals surface area contributed by atoms with Gasteiger partial charge in [0.25, 0.3) is 5.91 Å². The number of sulfone groups is 1. The maximum absolute atomic E-state index is 12.0. The minimum atomic E-state index is -3.00. The van der Waals surface area contributed by atoms with E-state index in [4.69, 9.17) is 10.5 Å². The van der Waals surface area contributed by atoms with E-state index in [2.05, 4.69) is 0 Å². The van der Waals surface area contributed by atoms with Gasteiger partial charge < -0.3 is 15.4 Å². The average molecular weight is 298 g/mol. The van der Waals surface area contributed by atoms with Crippen LogP contribution in [0.4, 0.5) is 5.69 Å². The van der Waals surface area contributed by atoms with Crippen molar-refractivity contribution >= 4 is 21.4 Å². The molecule has 0 aliphatic carbocycles. The topological polar surface area (TPSA) is 89.7 Å². The first kappa shape index (κ1) is 14.6. The summed E-state index contributed by atoms with van der Waals surface area (Å²) in [5.41, 5.74) is 6.18. The Morgan fingerprint density at radius 2 is 2.15 bits per heavy atom. The van der Waals surface area contributed by atoms with Crippen LogP contribution in [-0.4, -0.2) is 50.4 Å². The predicted molar refractivity (Wildman–Crippen MR) is 76.2 cm³/mol. The lowest BCUT2D eigenvalue weighted by Crippen LogP contribution is -2.40. The molecule has 1 atom stereocenters. The number of nitrogens with zero attached hydrogens (tertiary/aromatic N) is 1. The van der Waals surface area contributed by atoms with Crippen molar-refractivity contribution in [3.05, 3.63) is 24.3 Å². The number of likely N-dealkylation sites (N-methyl/N-ethyl adjacent to an activating group) is 1. The molecular formula is C13H18N2O4S. The number of rotatable bonds is 4. The fourth-order valence-electron chi connectivity index (χ4n) is 2.14. The highest BCUT2D eigenvalue weighted by molar-refractivity contribution is 7.91. The standard InChI is InChI=1S/C13H18N2O4S/c1-15(10-6-7-20(17,18)9-10)13(16)8-19-12-5-3-2-4-11(12)14/h2-5,10H,6-9,14H2,1H3. The molecule has 0 saturated carbocycles. The molecule has 1 aliphatic rings. The molecule has 2 rings (SSSR count). The van der Waals surface area contributed by atoms with Crippen molar-refractivity contribution in [2.45, 2.75) is 12.5 Å². The van der Waals surface area contributed by atoms with Gasteiger partial charge in [-0.15, -0.1) is 0 Å². The molecule has 1 aromatic rings. The van der Waals surface area contributed by atoms with E-state index in [1.165, 1.54) is 4.90 Å². The van der Waals surface area contributed by atoms with Crippen LogP contribution in [0.25, 0.3) is 0 Å². The number of hydrogen-bond acceptors (Lipinski definition) is 5. The van der Waals surface area contributed by atoms with Crippen molar-refractivity contribution < 1.29 is 17.9 Å². The summed E-state index contributed by atoms with van der Waals surface area (Å²) < 4.78 is 28.2. The Balaban J connectivity index is 1.91. The highest BCUT2D eigenvalue weighted by atomic mass is 32.2. The van der Waals surface area contributed by atoms with Crippen LogP contribution < -0.4 is 10.5 Å². The van der Waals surface area contributed by atoms with Gasteiger partial charge in [-0.2, -0.15) is 0 Å². The molecule has 7 heteroatoms. The summed E-state index contributed by atoms with van der Waals surface area (Å²) in [6.07, 6.45) is 0.484. The lowest BCUT2D eigenvalue weighted by molar-refractivity contribution is -0.133. The maximum atomic E-state index is 12.0. The third-order valence-corrected chi connectivity index (χ3v) is 5.17. The van der Waals surface area contributed by atoms with Gasteiger partial charge in [-0.3, -0.25) is 4.79 Å². The van der Waals surface area contributed by atoms with Crippen molar-refractivity contribution in [1.29, 1.82) is 0 Å². The van der Waals surface area contributed by atoms with Crippen LogP contribution in [-0.2, 0) is 14.6 Å². The van der Waals surface area contributed by atoms with E-state index in [1.807, 2.05) is 0 Å². The molecule has 1 unspecified atom stereocenters. The number of para-hydroxylation sites is 2. The summed E-state index contributed by atoms with van der Waals surface area (Å²) >= 11 is 0. The smallest absolute Gasteiger partial charge is 0.260 e. The van der Waals surface area contributed by atoms with Crippen LogP contribution in [0.2, 0.25) is 0 Å². The fourth-order valence-corrected chi connectivity index (χ4v) is 3.91. The number of hydrogen-bond donors (Lipinski definition) is 1. The van der Waals surface area contributed by atoms with Gasteiger partial charge in [-0.25, -0.2) is 8.42 Å². The van der Waals surface area contributed by atoms with Gasteiger partial charge in [0.1, 0.15) is 5.75 Å². The Bertz CT molecular complexity index is 600. The maximum Gasteiger partial charge on any atom is 0.260 e. The number of nitrogens with two attached hydrogens (primary N) is 1. The zero-order chi connectivity index (χ0) is 14.8. The molecule has 0 aromatic heterocycles. The number of nitrogen functional groups attached to an aromatic ring is 1. The molecule has 6 nitrogen and oxygen atoms in total. The number of benzene rings is 1. The number of carbonyl (C=O) groups is 1. The number of carbonyl (C=O) groups excluding carboxylic acids is 1. The first-order valence-electron chi connectivity index (χ1n) is 6.32. The lowest BCUT2D eigenvalue weighted by atomic mass is 10.2. The molecule has 1 amide bonds. The summed E-state index contributed by atoms with van der Waals surface area (Å²) in [6, 6.07) is 6.66. The normalized spacial score (nSPS) is 20.6. The summed E-state index contributed by atoms with van der Waals surface area (Å²) in [4.78, 5) is 13.4. The lowest BCUT2D eigenvalue weighted by Gasteiger charge is -2.23. The van der Waals surface area contributed by atoms with E-state index in [-0.39, 0.29) is 30.1 Å². The van der Waals surface area contributed by atoms with Crippen LogP contribution in [0.5, 0.6) is 5.75 Å². The molecule has 1 heterocycles. The van der Waals surface area contributed by atoms with Crippen LogP contribution in [0.15, 0.2) is 24.3 Å². The molecule has 1 aliphatic heterocycles. The van der Waals surface area contributed by atoms with E-state index < -0.39 is 9.84 Å². The van der Waals surface area contributed by atoms with Crippen LogP contribution >= 0.6 is 0 Å². The third-order valence-electron chi connectivity index (χ3n) is 3.42. The van der Waals surface area contributed by atoms with E-state index in [0.29, 0.717) is 17.9 Å². The van der Waals surface area contributed by atoms with Gasteiger partial charge in [0.05, 0.1) is 17.2 Å². The summed E-state index contributed by atoms with van der Waals surface area (Å²) in [5, 5.41) is 0. The summed E-state index contributed by atoms with van der Waals surface area (Å²) in [6.45, 7) is -0.152. The Morgan fingerprint density at radius 1 is 1.45 bits per heavy atom. The molecule has 110 valence electrons.